The first-order chi connectivity index (χ1) is 13.7. The van der Waals surface area contributed by atoms with Crippen LogP contribution < -0.4 is 11.1 Å². The standard InChI is InChI=1S/C22H23FN4O2/c1-14-11-15(2)19(26-21(25)29)12-18(14)20(28)27-9-7-22(23,8-10-27)17-5-3-16(13-24)4-6-17/h3-6,11-12H,7-10H2,1-2H3,(H3,25,26,29). The number of nitrogens with one attached hydrogen (secondary N) is 1. The van der Waals surface area contributed by atoms with Crippen LogP contribution in [0.1, 0.15) is 45.5 Å². The highest BCUT2D eigenvalue weighted by Gasteiger charge is 2.38. The maximum absolute atomic E-state index is 15.4. The van der Waals surface area contributed by atoms with E-state index in [0.29, 0.717) is 22.4 Å². The monoisotopic (exact) mass is 394 g/mol. The minimum Gasteiger partial charge on any atom is -0.351 e. The average molecular weight is 394 g/mol. The van der Waals surface area contributed by atoms with Gasteiger partial charge in [0.25, 0.3) is 5.91 Å². The van der Waals surface area contributed by atoms with Crippen molar-refractivity contribution >= 4 is 17.6 Å². The summed E-state index contributed by atoms with van der Waals surface area (Å²) in [6, 6.07) is 11.3. The van der Waals surface area contributed by atoms with Gasteiger partial charge in [-0.05, 0) is 48.7 Å². The topological polar surface area (TPSA) is 99.2 Å². The van der Waals surface area contributed by atoms with Gasteiger partial charge in [-0.1, -0.05) is 18.2 Å². The Morgan fingerprint density at radius 2 is 1.76 bits per heavy atom. The third-order valence-corrected chi connectivity index (χ3v) is 5.43. The number of aryl methyl sites for hydroxylation is 2. The number of carbonyl (C=O) groups excluding carboxylic acids is 2. The summed E-state index contributed by atoms with van der Waals surface area (Å²) in [7, 11) is 0. The van der Waals surface area contributed by atoms with Crippen molar-refractivity contribution in [2.45, 2.75) is 32.4 Å². The number of amides is 3. The van der Waals surface area contributed by atoms with Gasteiger partial charge in [0, 0.05) is 37.2 Å². The molecule has 1 fully saturated rings. The molecule has 0 aromatic heterocycles. The van der Waals surface area contributed by atoms with Crippen LogP contribution in [0.4, 0.5) is 14.9 Å². The Kier molecular flexibility index (Phi) is 5.55. The summed E-state index contributed by atoms with van der Waals surface area (Å²) in [6.07, 6.45) is 0.365. The Hall–Kier alpha value is -3.40. The predicted octanol–water partition coefficient (Wildman–Crippen LogP) is 3.77. The zero-order valence-electron chi connectivity index (χ0n) is 16.5. The summed E-state index contributed by atoms with van der Waals surface area (Å²) in [4.78, 5) is 25.8. The van der Waals surface area contributed by atoms with Crippen molar-refractivity contribution in [2.24, 2.45) is 5.73 Å². The number of likely N-dealkylation sites (tertiary alicyclic amines) is 1. The van der Waals surface area contributed by atoms with E-state index in [2.05, 4.69) is 5.32 Å². The van der Waals surface area contributed by atoms with Gasteiger partial charge in [0.15, 0.2) is 0 Å². The molecule has 29 heavy (non-hydrogen) atoms. The Labute approximate surface area is 169 Å². The van der Waals surface area contributed by atoms with Gasteiger partial charge in [-0.3, -0.25) is 4.79 Å². The number of nitrogens with zero attached hydrogens (tertiary/aromatic N) is 2. The van der Waals surface area contributed by atoms with E-state index in [1.54, 1.807) is 35.2 Å². The number of nitrogens with two attached hydrogens (primary N) is 1. The lowest BCUT2D eigenvalue weighted by atomic mass is 9.85. The van der Waals surface area contributed by atoms with Crippen molar-refractivity contribution in [3.63, 3.8) is 0 Å². The Morgan fingerprint density at radius 1 is 1.14 bits per heavy atom. The molecular formula is C22H23FN4O2. The number of nitriles is 1. The molecule has 2 aromatic rings. The molecule has 1 aliphatic rings. The zero-order chi connectivity index (χ0) is 21.2. The first-order valence-electron chi connectivity index (χ1n) is 9.40. The van der Waals surface area contributed by atoms with Gasteiger partial charge in [-0.15, -0.1) is 0 Å². The molecule has 3 rings (SSSR count). The lowest BCUT2D eigenvalue weighted by molar-refractivity contribution is 0.0421. The van der Waals surface area contributed by atoms with Gasteiger partial charge < -0.3 is 16.0 Å². The van der Waals surface area contributed by atoms with E-state index < -0.39 is 11.7 Å². The summed E-state index contributed by atoms with van der Waals surface area (Å²) >= 11 is 0. The van der Waals surface area contributed by atoms with E-state index in [0.717, 1.165) is 11.1 Å². The van der Waals surface area contributed by atoms with Crippen molar-refractivity contribution in [3.8, 4) is 6.07 Å². The first-order valence-corrected chi connectivity index (χ1v) is 9.40. The van der Waals surface area contributed by atoms with Crippen LogP contribution in [0.2, 0.25) is 0 Å². The average Bonchev–Trinajstić information content (AvgIpc) is 2.70. The Morgan fingerprint density at radius 3 is 2.31 bits per heavy atom. The number of rotatable bonds is 3. The molecule has 150 valence electrons. The van der Waals surface area contributed by atoms with Crippen LogP contribution >= 0.6 is 0 Å². The number of primary amides is 1. The molecule has 6 nitrogen and oxygen atoms in total. The third kappa shape index (κ3) is 4.21. The van der Waals surface area contributed by atoms with Crippen molar-refractivity contribution in [3.05, 3.63) is 64.2 Å². The van der Waals surface area contributed by atoms with Gasteiger partial charge in [0.05, 0.1) is 11.6 Å². The molecule has 3 amide bonds. The summed E-state index contributed by atoms with van der Waals surface area (Å²) < 4.78 is 15.4. The molecule has 1 saturated heterocycles. The number of anilines is 1. The van der Waals surface area contributed by atoms with E-state index in [1.807, 2.05) is 26.0 Å². The van der Waals surface area contributed by atoms with Gasteiger partial charge in [0.1, 0.15) is 5.67 Å². The predicted molar refractivity (Wildman–Crippen MR) is 108 cm³/mol. The lowest BCUT2D eigenvalue weighted by Gasteiger charge is -2.37. The molecule has 0 atom stereocenters. The molecule has 1 heterocycles. The summed E-state index contributed by atoms with van der Waals surface area (Å²) in [5, 5.41) is 11.4. The fourth-order valence-electron chi connectivity index (χ4n) is 3.72. The number of alkyl halides is 1. The second-order valence-corrected chi connectivity index (χ2v) is 7.42. The molecule has 0 bridgehead atoms. The molecule has 1 aliphatic heterocycles. The highest BCUT2D eigenvalue weighted by molar-refractivity contribution is 5.98. The van der Waals surface area contributed by atoms with E-state index >= 15 is 4.39 Å². The second kappa shape index (κ2) is 7.92. The molecular weight excluding hydrogens is 371 g/mol. The highest BCUT2D eigenvalue weighted by atomic mass is 19.1. The van der Waals surface area contributed by atoms with Gasteiger partial charge >= 0.3 is 6.03 Å². The molecule has 7 heteroatoms. The van der Waals surface area contributed by atoms with Crippen LogP contribution in [0.15, 0.2) is 36.4 Å². The van der Waals surface area contributed by atoms with Crippen molar-refractivity contribution < 1.29 is 14.0 Å². The van der Waals surface area contributed by atoms with E-state index in [1.165, 1.54) is 0 Å². The molecule has 2 aromatic carbocycles. The number of hydrogen-bond acceptors (Lipinski definition) is 3. The van der Waals surface area contributed by atoms with Crippen LogP contribution in [0.5, 0.6) is 0 Å². The number of halogens is 1. The molecule has 0 aliphatic carbocycles. The largest absolute Gasteiger partial charge is 0.351 e. The van der Waals surface area contributed by atoms with Crippen LogP contribution in [-0.2, 0) is 5.67 Å². The van der Waals surface area contributed by atoms with Crippen LogP contribution in [-0.4, -0.2) is 29.9 Å². The molecule has 0 saturated carbocycles. The SMILES string of the molecule is Cc1cc(C)c(C(=O)N2CCC(F)(c3ccc(C#N)cc3)CC2)cc1NC(N)=O. The quantitative estimate of drug-likeness (QED) is 0.829. The lowest BCUT2D eigenvalue weighted by Crippen LogP contribution is -2.43. The van der Waals surface area contributed by atoms with Gasteiger partial charge in [0.2, 0.25) is 0 Å². The third-order valence-electron chi connectivity index (χ3n) is 5.43. The van der Waals surface area contributed by atoms with E-state index in [9.17, 15) is 9.59 Å². The van der Waals surface area contributed by atoms with Crippen LogP contribution in [0.3, 0.4) is 0 Å². The molecule has 0 radical (unpaired) electrons. The second-order valence-electron chi connectivity index (χ2n) is 7.42. The maximum atomic E-state index is 15.4. The minimum absolute atomic E-state index is 0.182. The van der Waals surface area contributed by atoms with Gasteiger partial charge in [-0.2, -0.15) is 5.26 Å². The summed E-state index contributed by atoms with van der Waals surface area (Å²) in [6.45, 7) is 4.21. The Bertz CT molecular complexity index is 987. The first kappa shape index (κ1) is 20.3. The zero-order valence-corrected chi connectivity index (χ0v) is 16.5. The van der Waals surface area contributed by atoms with E-state index in [-0.39, 0.29) is 31.8 Å². The number of benzene rings is 2. The highest BCUT2D eigenvalue weighted by Crippen LogP contribution is 2.37. The smallest absolute Gasteiger partial charge is 0.316 e. The number of hydrogen-bond donors (Lipinski definition) is 2. The maximum Gasteiger partial charge on any atom is 0.316 e. The number of piperidine rings is 1. The summed E-state index contributed by atoms with van der Waals surface area (Å²) in [5.74, 6) is -0.197. The van der Waals surface area contributed by atoms with Crippen molar-refractivity contribution in [2.75, 3.05) is 18.4 Å². The molecule has 0 unspecified atom stereocenters. The normalized spacial score (nSPS) is 15.4. The fraction of sp³-hybridized carbons (Fsp3) is 0.318. The fourth-order valence-corrected chi connectivity index (χ4v) is 3.72. The minimum atomic E-state index is -1.52. The van der Waals surface area contributed by atoms with E-state index in [4.69, 9.17) is 11.0 Å². The number of carbonyl (C=O) groups is 2. The van der Waals surface area contributed by atoms with Crippen molar-refractivity contribution in [1.29, 1.82) is 5.26 Å². The summed E-state index contributed by atoms with van der Waals surface area (Å²) in [5.41, 5.74) is 7.23. The van der Waals surface area contributed by atoms with Crippen molar-refractivity contribution in [1.82, 2.24) is 4.90 Å². The number of urea groups is 1. The van der Waals surface area contributed by atoms with Gasteiger partial charge in [-0.25, -0.2) is 9.18 Å². The van der Waals surface area contributed by atoms with Crippen LogP contribution in [0, 0.1) is 25.2 Å². The molecule has 0 spiro atoms. The van der Waals surface area contributed by atoms with Crippen LogP contribution in [0.25, 0.3) is 0 Å². The Balaban J connectivity index is 1.76. The molecule has 3 N–H and O–H groups in total.